The molecule has 1 aliphatic rings. The van der Waals surface area contributed by atoms with E-state index in [9.17, 15) is 14.3 Å². The minimum absolute atomic E-state index is 0.0595. The van der Waals surface area contributed by atoms with E-state index in [0.29, 0.717) is 12.2 Å². The average molecular weight is 303 g/mol. The lowest BCUT2D eigenvalue weighted by Gasteiger charge is -2.21. The third-order valence-corrected chi connectivity index (χ3v) is 4.06. The second-order valence-electron chi connectivity index (χ2n) is 5.97. The normalized spacial score (nSPS) is 22.9. The van der Waals surface area contributed by atoms with Crippen LogP contribution < -0.4 is 5.32 Å². The Hall–Kier alpha value is -2.14. The Kier molecular flexibility index (Phi) is 3.74. The van der Waals surface area contributed by atoms with Crippen molar-refractivity contribution in [2.24, 2.45) is 5.92 Å². The third kappa shape index (κ3) is 3.04. The van der Waals surface area contributed by atoms with E-state index in [4.69, 9.17) is 4.42 Å². The van der Waals surface area contributed by atoms with Crippen molar-refractivity contribution in [1.82, 2.24) is 5.32 Å². The number of nitrogens with one attached hydrogen (secondary N) is 1. The molecule has 2 N–H and O–H groups in total. The first-order valence-corrected chi connectivity index (χ1v) is 7.27. The van der Waals surface area contributed by atoms with Crippen molar-refractivity contribution in [3.8, 4) is 0 Å². The van der Waals surface area contributed by atoms with E-state index in [2.05, 4.69) is 5.32 Å². The van der Waals surface area contributed by atoms with Crippen LogP contribution in [0.25, 0.3) is 0 Å². The predicted octanol–water partition coefficient (Wildman–Crippen LogP) is 2.55. The van der Waals surface area contributed by atoms with Gasteiger partial charge in [-0.15, -0.1) is 0 Å². The molecule has 4 nitrogen and oxygen atoms in total. The van der Waals surface area contributed by atoms with Crippen LogP contribution in [-0.2, 0) is 10.4 Å². The Morgan fingerprint density at radius 2 is 2.27 bits per heavy atom. The van der Waals surface area contributed by atoms with Gasteiger partial charge in [0.05, 0.1) is 12.8 Å². The summed E-state index contributed by atoms with van der Waals surface area (Å²) in [5, 5.41) is 13.0. The third-order valence-electron chi connectivity index (χ3n) is 4.06. The van der Waals surface area contributed by atoms with Crippen LogP contribution >= 0.6 is 0 Å². The lowest BCUT2D eigenvalue weighted by atomic mass is 10.0. The fraction of sp³-hybridized carbons (Fsp3) is 0.353. The highest BCUT2D eigenvalue weighted by Gasteiger charge is 2.44. The summed E-state index contributed by atoms with van der Waals surface area (Å²) in [6, 6.07) is 9.70. The number of furan rings is 1. The number of rotatable bonds is 5. The van der Waals surface area contributed by atoms with Gasteiger partial charge in [-0.25, -0.2) is 4.39 Å². The molecule has 1 heterocycles. The Morgan fingerprint density at radius 1 is 1.45 bits per heavy atom. The maximum absolute atomic E-state index is 13.2. The second-order valence-corrected chi connectivity index (χ2v) is 5.97. The molecular formula is C17H18FNO3. The zero-order valence-electron chi connectivity index (χ0n) is 12.3. The predicted molar refractivity (Wildman–Crippen MR) is 78.5 cm³/mol. The first-order valence-electron chi connectivity index (χ1n) is 7.27. The highest BCUT2D eigenvalue weighted by atomic mass is 19.1. The molecule has 22 heavy (non-hydrogen) atoms. The Morgan fingerprint density at radius 3 is 2.95 bits per heavy atom. The van der Waals surface area contributed by atoms with Crippen LogP contribution in [-0.4, -0.2) is 17.6 Å². The van der Waals surface area contributed by atoms with Crippen molar-refractivity contribution in [2.75, 3.05) is 6.54 Å². The molecule has 5 heteroatoms. The molecule has 0 spiro atoms. The van der Waals surface area contributed by atoms with Gasteiger partial charge in [0.25, 0.3) is 0 Å². The molecule has 1 fully saturated rings. The van der Waals surface area contributed by atoms with Crippen LogP contribution in [0.5, 0.6) is 0 Å². The molecule has 3 rings (SSSR count). The van der Waals surface area contributed by atoms with Crippen LogP contribution in [0, 0.1) is 11.7 Å². The standard InChI is InChI=1S/C17H18FNO3/c1-17(21,15-6-3-7-22-15)10-19-16(20)14-9-13(14)11-4-2-5-12(18)8-11/h2-8,13-14,21H,9-10H2,1H3,(H,19,20). The largest absolute Gasteiger partial charge is 0.466 e. The Balaban J connectivity index is 1.56. The van der Waals surface area contributed by atoms with E-state index < -0.39 is 5.60 Å². The lowest BCUT2D eigenvalue weighted by molar-refractivity contribution is -0.123. The van der Waals surface area contributed by atoms with Crippen molar-refractivity contribution in [1.29, 1.82) is 0 Å². The molecule has 1 aromatic heterocycles. The minimum Gasteiger partial charge on any atom is -0.466 e. The van der Waals surface area contributed by atoms with Gasteiger partial charge in [0.15, 0.2) is 0 Å². The summed E-state index contributed by atoms with van der Waals surface area (Å²) in [6.07, 6.45) is 2.19. The summed E-state index contributed by atoms with van der Waals surface area (Å²) >= 11 is 0. The first kappa shape index (κ1) is 14.8. The zero-order valence-corrected chi connectivity index (χ0v) is 12.3. The molecule has 0 radical (unpaired) electrons. The van der Waals surface area contributed by atoms with Gasteiger partial charge in [0.2, 0.25) is 5.91 Å². The van der Waals surface area contributed by atoms with Crippen LogP contribution in [0.15, 0.2) is 47.1 Å². The number of halogens is 1. The van der Waals surface area contributed by atoms with Crippen LogP contribution in [0.1, 0.15) is 30.6 Å². The Bertz CT molecular complexity index is 666. The minimum atomic E-state index is -1.25. The lowest BCUT2D eigenvalue weighted by Crippen LogP contribution is -2.39. The summed E-state index contributed by atoms with van der Waals surface area (Å²) in [4.78, 5) is 12.1. The van der Waals surface area contributed by atoms with E-state index in [0.717, 1.165) is 5.56 Å². The van der Waals surface area contributed by atoms with Crippen molar-refractivity contribution in [3.05, 3.63) is 59.8 Å². The maximum Gasteiger partial charge on any atom is 0.223 e. The second kappa shape index (κ2) is 5.57. The molecule has 1 aliphatic carbocycles. The topological polar surface area (TPSA) is 62.5 Å². The molecule has 1 amide bonds. The van der Waals surface area contributed by atoms with E-state index in [-0.39, 0.29) is 30.1 Å². The summed E-state index contributed by atoms with van der Waals surface area (Å²) < 4.78 is 18.4. The SMILES string of the molecule is CC(O)(CNC(=O)C1CC1c1cccc(F)c1)c1ccco1. The fourth-order valence-corrected chi connectivity index (χ4v) is 2.65. The summed E-state index contributed by atoms with van der Waals surface area (Å²) in [6.45, 7) is 1.66. The molecule has 0 aliphatic heterocycles. The van der Waals surface area contributed by atoms with E-state index in [1.807, 2.05) is 6.07 Å². The molecule has 3 unspecified atom stereocenters. The number of hydrogen-bond acceptors (Lipinski definition) is 3. The smallest absolute Gasteiger partial charge is 0.223 e. The van der Waals surface area contributed by atoms with Crippen molar-refractivity contribution in [3.63, 3.8) is 0 Å². The summed E-state index contributed by atoms with van der Waals surface area (Å²) in [7, 11) is 0. The van der Waals surface area contributed by atoms with Crippen molar-refractivity contribution in [2.45, 2.75) is 24.9 Å². The quantitative estimate of drug-likeness (QED) is 0.892. The molecule has 1 saturated carbocycles. The summed E-state index contributed by atoms with van der Waals surface area (Å²) in [5.41, 5.74) is -0.402. The molecule has 1 aromatic carbocycles. The Labute approximate surface area is 128 Å². The molecular weight excluding hydrogens is 285 g/mol. The first-order chi connectivity index (χ1) is 10.5. The number of aliphatic hydroxyl groups is 1. The maximum atomic E-state index is 13.2. The van der Waals surface area contributed by atoms with Gasteiger partial charge in [0, 0.05) is 5.92 Å². The van der Waals surface area contributed by atoms with Crippen molar-refractivity contribution >= 4 is 5.91 Å². The number of hydrogen-bond donors (Lipinski definition) is 2. The molecule has 3 atom stereocenters. The van der Waals surface area contributed by atoms with E-state index >= 15 is 0 Å². The van der Waals surface area contributed by atoms with Gasteiger partial charge in [-0.2, -0.15) is 0 Å². The monoisotopic (exact) mass is 303 g/mol. The van der Waals surface area contributed by atoms with Gasteiger partial charge in [0.1, 0.15) is 17.2 Å². The zero-order chi connectivity index (χ0) is 15.7. The van der Waals surface area contributed by atoms with Gasteiger partial charge in [-0.3, -0.25) is 4.79 Å². The molecule has 116 valence electrons. The summed E-state index contributed by atoms with van der Waals surface area (Å²) in [5.74, 6) is -0.103. The highest BCUT2D eigenvalue weighted by molar-refractivity contribution is 5.82. The van der Waals surface area contributed by atoms with Crippen LogP contribution in [0.4, 0.5) is 4.39 Å². The number of carbonyl (C=O) groups is 1. The fourth-order valence-electron chi connectivity index (χ4n) is 2.65. The van der Waals surface area contributed by atoms with E-state index in [1.165, 1.54) is 18.4 Å². The molecule has 2 aromatic rings. The average Bonchev–Trinajstić information content (AvgIpc) is 3.09. The van der Waals surface area contributed by atoms with Crippen LogP contribution in [0.3, 0.4) is 0 Å². The number of carbonyl (C=O) groups excluding carboxylic acids is 1. The van der Waals surface area contributed by atoms with Gasteiger partial charge in [-0.1, -0.05) is 12.1 Å². The number of amides is 1. The molecule has 0 bridgehead atoms. The van der Waals surface area contributed by atoms with Gasteiger partial charge >= 0.3 is 0 Å². The van der Waals surface area contributed by atoms with Crippen molar-refractivity contribution < 1.29 is 18.7 Å². The van der Waals surface area contributed by atoms with E-state index in [1.54, 1.807) is 25.1 Å². The van der Waals surface area contributed by atoms with Crippen LogP contribution in [0.2, 0.25) is 0 Å². The molecule has 0 saturated heterocycles. The van der Waals surface area contributed by atoms with Gasteiger partial charge < -0.3 is 14.8 Å². The highest BCUT2D eigenvalue weighted by Crippen LogP contribution is 2.47. The van der Waals surface area contributed by atoms with Gasteiger partial charge in [-0.05, 0) is 49.1 Å². The number of benzene rings is 1.